The fourth-order valence-corrected chi connectivity index (χ4v) is 1.99. The topological polar surface area (TPSA) is 46.0 Å². The lowest BCUT2D eigenvalue weighted by atomic mass is 10.0. The summed E-state index contributed by atoms with van der Waals surface area (Å²) >= 11 is 1.19. The molecular weight excluding hydrogens is 227 g/mol. The number of hydrogen-bond acceptors (Lipinski definition) is 4. The number of benzene rings is 1. The van der Waals surface area contributed by atoms with Crippen LogP contribution in [0.15, 0.2) is 23.6 Å². The van der Waals surface area contributed by atoms with Crippen LogP contribution in [0.25, 0.3) is 0 Å². The Balaban J connectivity index is 2.17. The van der Waals surface area contributed by atoms with Crippen molar-refractivity contribution in [3.05, 3.63) is 46.2 Å². The van der Waals surface area contributed by atoms with Gasteiger partial charge in [-0.05, 0) is 41.7 Å². The number of halogens is 1. The fourth-order valence-electron chi connectivity index (χ4n) is 1.49. The molecule has 16 heavy (non-hydrogen) atoms. The standard InChI is InChI=1S/C11H11FN2OS/c1-7-2-3-9(12)4-8(7)5-11(15)10-6-16-14-13-10/h2-4,6,11,15H,5H2,1H3. The number of aliphatic hydroxyl groups is 1. The van der Waals surface area contributed by atoms with Gasteiger partial charge in [0.15, 0.2) is 0 Å². The molecule has 1 N–H and O–H groups in total. The molecule has 0 fully saturated rings. The molecule has 0 radical (unpaired) electrons. The summed E-state index contributed by atoms with van der Waals surface area (Å²) in [6, 6.07) is 4.56. The molecule has 1 unspecified atom stereocenters. The van der Waals surface area contributed by atoms with E-state index in [0.29, 0.717) is 12.1 Å². The molecule has 84 valence electrons. The largest absolute Gasteiger partial charge is 0.386 e. The van der Waals surface area contributed by atoms with E-state index >= 15 is 0 Å². The summed E-state index contributed by atoms with van der Waals surface area (Å²) in [5, 5.41) is 15.3. The Morgan fingerprint density at radius 1 is 1.50 bits per heavy atom. The molecule has 1 aromatic heterocycles. The summed E-state index contributed by atoms with van der Waals surface area (Å²) < 4.78 is 16.7. The normalized spacial score (nSPS) is 12.7. The van der Waals surface area contributed by atoms with E-state index in [1.165, 1.54) is 23.7 Å². The molecule has 0 saturated heterocycles. The number of hydrogen-bond donors (Lipinski definition) is 1. The Bertz CT molecular complexity index is 473. The Labute approximate surface area is 96.7 Å². The van der Waals surface area contributed by atoms with E-state index in [4.69, 9.17) is 0 Å². The van der Waals surface area contributed by atoms with Crippen molar-refractivity contribution in [1.29, 1.82) is 0 Å². The zero-order valence-electron chi connectivity index (χ0n) is 8.72. The maximum absolute atomic E-state index is 13.0. The minimum Gasteiger partial charge on any atom is -0.386 e. The minimum atomic E-state index is -0.723. The monoisotopic (exact) mass is 238 g/mol. The minimum absolute atomic E-state index is 0.288. The molecule has 2 aromatic rings. The summed E-state index contributed by atoms with van der Waals surface area (Å²) in [7, 11) is 0. The Morgan fingerprint density at radius 3 is 3.00 bits per heavy atom. The van der Waals surface area contributed by atoms with Crippen LogP contribution in [0.3, 0.4) is 0 Å². The molecule has 5 heteroatoms. The van der Waals surface area contributed by atoms with Gasteiger partial charge in [-0.1, -0.05) is 10.6 Å². The average Bonchev–Trinajstić information content (AvgIpc) is 2.76. The SMILES string of the molecule is Cc1ccc(F)cc1CC(O)c1csnn1. The Kier molecular flexibility index (Phi) is 3.26. The average molecular weight is 238 g/mol. The first-order valence-corrected chi connectivity index (χ1v) is 5.70. The van der Waals surface area contributed by atoms with Crippen LogP contribution < -0.4 is 0 Å². The number of rotatable bonds is 3. The second kappa shape index (κ2) is 4.67. The van der Waals surface area contributed by atoms with Crippen LogP contribution >= 0.6 is 11.5 Å². The summed E-state index contributed by atoms with van der Waals surface area (Å²) in [6.07, 6.45) is -0.367. The van der Waals surface area contributed by atoms with Gasteiger partial charge in [0, 0.05) is 11.8 Å². The summed E-state index contributed by atoms with van der Waals surface area (Å²) in [4.78, 5) is 0. The third kappa shape index (κ3) is 2.43. The van der Waals surface area contributed by atoms with E-state index in [1.807, 2.05) is 6.92 Å². The van der Waals surface area contributed by atoms with E-state index in [-0.39, 0.29) is 5.82 Å². The first-order chi connectivity index (χ1) is 7.66. The molecule has 0 aliphatic rings. The van der Waals surface area contributed by atoms with Crippen molar-refractivity contribution < 1.29 is 9.50 Å². The van der Waals surface area contributed by atoms with Gasteiger partial charge >= 0.3 is 0 Å². The van der Waals surface area contributed by atoms with E-state index < -0.39 is 6.10 Å². The molecule has 0 spiro atoms. The zero-order chi connectivity index (χ0) is 11.5. The molecule has 1 heterocycles. The second-order valence-corrected chi connectivity index (χ2v) is 4.23. The van der Waals surface area contributed by atoms with Crippen LogP contribution in [0.4, 0.5) is 4.39 Å². The summed E-state index contributed by atoms with van der Waals surface area (Å²) in [5.74, 6) is -0.288. The molecule has 1 aromatic carbocycles. The predicted molar refractivity (Wildman–Crippen MR) is 59.7 cm³/mol. The molecule has 0 aliphatic heterocycles. The third-order valence-corrected chi connectivity index (χ3v) is 2.97. The predicted octanol–water partition coefficient (Wildman–Crippen LogP) is 2.26. The highest BCUT2D eigenvalue weighted by Crippen LogP contribution is 2.20. The van der Waals surface area contributed by atoms with Crippen LogP contribution in [0.2, 0.25) is 0 Å². The van der Waals surface area contributed by atoms with Crippen LogP contribution in [-0.4, -0.2) is 14.7 Å². The molecule has 3 nitrogen and oxygen atoms in total. The van der Waals surface area contributed by atoms with Gasteiger partial charge in [0.25, 0.3) is 0 Å². The van der Waals surface area contributed by atoms with Gasteiger partial charge in [-0.3, -0.25) is 0 Å². The number of aromatic nitrogens is 2. The Morgan fingerprint density at radius 2 is 2.31 bits per heavy atom. The second-order valence-electron chi connectivity index (χ2n) is 3.62. The summed E-state index contributed by atoms with van der Waals surface area (Å²) in [6.45, 7) is 1.89. The van der Waals surface area contributed by atoms with Gasteiger partial charge in [-0.2, -0.15) is 0 Å². The zero-order valence-corrected chi connectivity index (χ0v) is 9.54. The fraction of sp³-hybridized carbons (Fsp3) is 0.273. The van der Waals surface area contributed by atoms with Gasteiger partial charge in [0.05, 0.1) is 0 Å². The van der Waals surface area contributed by atoms with Gasteiger partial charge in [0.1, 0.15) is 17.6 Å². The Hall–Kier alpha value is -1.33. The number of aliphatic hydroxyl groups excluding tert-OH is 1. The molecule has 0 bridgehead atoms. The van der Waals surface area contributed by atoms with Gasteiger partial charge < -0.3 is 5.11 Å². The molecule has 1 atom stereocenters. The molecule has 0 aliphatic carbocycles. The lowest BCUT2D eigenvalue weighted by molar-refractivity contribution is 0.173. The van der Waals surface area contributed by atoms with Gasteiger partial charge in [0.2, 0.25) is 0 Å². The van der Waals surface area contributed by atoms with Crippen molar-refractivity contribution in [2.24, 2.45) is 0 Å². The third-order valence-electron chi connectivity index (χ3n) is 2.44. The maximum Gasteiger partial charge on any atom is 0.123 e. The van der Waals surface area contributed by atoms with E-state index in [0.717, 1.165) is 11.1 Å². The smallest absolute Gasteiger partial charge is 0.123 e. The number of nitrogens with zero attached hydrogens (tertiary/aromatic N) is 2. The number of aryl methyl sites for hydroxylation is 1. The van der Waals surface area contributed by atoms with Crippen LogP contribution in [0.1, 0.15) is 22.9 Å². The molecule has 2 rings (SSSR count). The highest BCUT2D eigenvalue weighted by atomic mass is 32.1. The highest BCUT2D eigenvalue weighted by Gasteiger charge is 2.13. The lowest BCUT2D eigenvalue weighted by Gasteiger charge is -2.09. The van der Waals surface area contributed by atoms with Crippen molar-refractivity contribution in [3.63, 3.8) is 0 Å². The quantitative estimate of drug-likeness (QED) is 0.892. The van der Waals surface area contributed by atoms with E-state index in [9.17, 15) is 9.50 Å². The molecular formula is C11H11FN2OS. The summed E-state index contributed by atoms with van der Waals surface area (Å²) in [5.41, 5.74) is 2.29. The maximum atomic E-state index is 13.0. The highest BCUT2D eigenvalue weighted by molar-refractivity contribution is 7.03. The van der Waals surface area contributed by atoms with Crippen molar-refractivity contribution >= 4 is 11.5 Å². The molecule has 0 amide bonds. The first kappa shape index (κ1) is 11.2. The van der Waals surface area contributed by atoms with Crippen molar-refractivity contribution in [3.8, 4) is 0 Å². The van der Waals surface area contributed by atoms with Crippen LogP contribution in [0.5, 0.6) is 0 Å². The van der Waals surface area contributed by atoms with E-state index in [2.05, 4.69) is 9.59 Å². The van der Waals surface area contributed by atoms with Gasteiger partial charge in [-0.25, -0.2) is 4.39 Å². The van der Waals surface area contributed by atoms with Crippen molar-refractivity contribution in [2.75, 3.05) is 0 Å². The van der Waals surface area contributed by atoms with Crippen LogP contribution in [-0.2, 0) is 6.42 Å². The molecule has 0 saturated carbocycles. The first-order valence-electron chi connectivity index (χ1n) is 4.87. The van der Waals surface area contributed by atoms with Gasteiger partial charge in [-0.15, -0.1) is 5.10 Å². The van der Waals surface area contributed by atoms with E-state index in [1.54, 1.807) is 11.4 Å². The van der Waals surface area contributed by atoms with Crippen molar-refractivity contribution in [1.82, 2.24) is 9.59 Å². The lowest BCUT2D eigenvalue weighted by Crippen LogP contribution is -2.04. The van der Waals surface area contributed by atoms with Crippen LogP contribution in [0, 0.1) is 12.7 Å². The van der Waals surface area contributed by atoms with Crippen molar-refractivity contribution in [2.45, 2.75) is 19.4 Å².